The van der Waals surface area contributed by atoms with Crippen molar-refractivity contribution in [2.45, 2.75) is 43.4 Å². The zero-order valence-corrected chi connectivity index (χ0v) is 17.2. The van der Waals surface area contributed by atoms with E-state index in [4.69, 9.17) is 4.74 Å². The van der Waals surface area contributed by atoms with Crippen LogP contribution in [-0.4, -0.2) is 68.3 Å². The van der Waals surface area contributed by atoms with Crippen molar-refractivity contribution in [3.8, 4) is 0 Å². The van der Waals surface area contributed by atoms with Gasteiger partial charge in [0.2, 0.25) is 5.91 Å². The third-order valence-corrected chi connectivity index (χ3v) is 7.67. The fourth-order valence-corrected chi connectivity index (χ4v) is 4.55. The third-order valence-electron chi connectivity index (χ3n) is 5.26. The first-order valence-electron chi connectivity index (χ1n) is 9.52. The minimum atomic E-state index is -3.46. The van der Waals surface area contributed by atoms with E-state index in [1.807, 2.05) is 4.90 Å². The van der Waals surface area contributed by atoms with E-state index >= 15 is 0 Å². The molecule has 0 aliphatic carbocycles. The predicted octanol–water partition coefficient (Wildman–Crippen LogP) is 1.73. The molecule has 150 valence electrons. The highest BCUT2D eigenvalue weighted by molar-refractivity contribution is 7.92. The van der Waals surface area contributed by atoms with Crippen LogP contribution in [0.4, 0.5) is 5.69 Å². The molecule has 2 saturated heterocycles. The van der Waals surface area contributed by atoms with Gasteiger partial charge in [-0.2, -0.15) is 0 Å². The summed E-state index contributed by atoms with van der Waals surface area (Å²) in [4.78, 5) is 21.0. The van der Waals surface area contributed by atoms with Gasteiger partial charge < -0.3 is 14.5 Å². The van der Waals surface area contributed by atoms with Crippen LogP contribution in [0.3, 0.4) is 0 Å². The largest absolute Gasteiger partial charge is 0.378 e. The molecule has 1 aromatic rings. The van der Waals surface area contributed by atoms with E-state index in [9.17, 15) is 13.2 Å². The summed E-state index contributed by atoms with van der Waals surface area (Å²) in [5.41, 5.74) is 0.863. The summed E-state index contributed by atoms with van der Waals surface area (Å²) in [6.45, 7) is 9.04. The van der Waals surface area contributed by atoms with Crippen molar-refractivity contribution in [1.29, 1.82) is 0 Å². The lowest BCUT2D eigenvalue weighted by atomic mass is 9.96. The molecule has 7 nitrogen and oxygen atoms in total. The summed E-state index contributed by atoms with van der Waals surface area (Å²) in [5.74, 6) is 0.165. The molecule has 0 unspecified atom stereocenters. The number of carbonyl (C=O) groups is 1. The van der Waals surface area contributed by atoms with Crippen LogP contribution in [-0.2, 0) is 19.4 Å². The van der Waals surface area contributed by atoms with Crippen LogP contribution < -0.4 is 4.90 Å². The second-order valence-corrected chi connectivity index (χ2v) is 10.8. The van der Waals surface area contributed by atoms with E-state index in [1.165, 1.54) is 0 Å². The Labute approximate surface area is 161 Å². The van der Waals surface area contributed by atoms with E-state index in [0.717, 1.165) is 25.1 Å². The maximum Gasteiger partial charge on any atom is 0.227 e. The number of hydrogen-bond acceptors (Lipinski definition) is 6. The second kappa shape index (κ2) is 7.75. The Kier molecular flexibility index (Phi) is 5.76. The highest BCUT2D eigenvalue weighted by Gasteiger charge is 2.33. The average molecular weight is 396 g/mol. The van der Waals surface area contributed by atoms with Gasteiger partial charge in [-0.05, 0) is 45.7 Å². The first kappa shape index (κ1) is 20.1. The van der Waals surface area contributed by atoms with Gasteiger partial charge in [0.25, 0.3) is 0 Å². The number of ether oxygens (including phenoxy) is 1. The van der Waals surface area contributed by atoms with Crippen LogP contribution >= 0.6 is 0 Å². The van der Waals surface area contributed by atoms with Gasteiger partial charge in [-0.25, -0.2) is 13.4 Å². The molecule has 27 heavy (non-hydrogen) atoms. The molecular formula is C19H29N3O4S. The summed E-state index contributed by atoms with van der Waals surface area (Å²) in [5, 5.41) is 0.0942. The SMILES string of the molecule is CC(C)(C)S(=O)(=O)c1ccc(N2CCC[C@H](C(=O)N3CCOCC3)C2)cn1. The molecule has 8 heteroatoms. The summed E-state index contributed by atoms with van der Waals surface area (Å²) in [6.07, 6.45) is 3.43. The number of rotatable bonds is 3. The monoisotopic (exact) mass is 395 g/mol. The van der Waals surface area contributed by atoms with Gasteiger partial charge in [0.15, 0.2) is 14.9 Å². The summed E-state index contributed by atoms with van der Waals surface area (Å²) in [7, 11) is -3.46. The fraction of sp³-hybridized carbons (Fsp3) is 0.684. The maximum absolute atomic E-state index is 12.8. The lowest BCUT2D eigenvalue weighted by Crippen LogP contribution is -2.48. The predicted molar refractivity (Wildman–Crippen MR) is 104 cm³/mol. The zero-order valence-electron chi connectivity index (χ0n) is 16.3. The number of aromatic nitrogens is 1. The second-order valence-electron chi connectivity index (χ2n) is 8.19. The van der Waals surface area contributed by atoms with Crippen molar-refractivity contribution < 1.29 is 17.9 Å². The quantitative estimate of drug-likeness (QED) is 0.775. The van der Waals surface area contributed by atoms with Crippen LogP contribution in [0.5, 0.6) is 0 Å². The first-order valence-corrected chi connectivity index (χ1v) is 11.0. The van der Waals surface area contributed by atoms with Crippen molar-refractivity contribution in [2.75, 3.05) is 44.3 Å². The molecule has 0 radical (unpaired) electrons. The van der Waals surface area contributed by atoms with E-state index < -0.39 is 14.6 Å². The van der Waals surface area contributed by atoms with Gasteiger partial charge in [0.1, 0.15) is 0 Å². The van der Waals surface area contributed by atoms with Gasteiger partial charge in [0, 0.05) is 26.2 Å². The van der Waals surface area contributed by atoms with Crippen LogP contribution in [0.25, 0.3) is 0 Å². The number of sulfone groups is 1. The van der Waals surface area contributed by atoms with Crippen molar-refractivity contribution in [3.63, 3.8) is 0 Å². The Balaban J connectivity index is 1.70. The number of piperidine rings is 1. The third kappa shape index (κ3) is 4.27. The molecule has 1 amide bonds. The van der Waals surface area contributed by atoms with Crippen molar-refractivity contribution in [1.82, 2.24) is 9.88 Å². The van der Waals surface area contributed by atoms with Crippen LogP contribution in [0, 0.1) is 5.92 Å². The summed E-state index contributed by atoms with van der Waals surface area (Å²) >= 11 is 0. The average Bonchev–Trinajstić information content (AvgIpc) is 2.67. The number of amides is 1. The molecule has 0 spiro atoms. The van der Waals surface area contributed by atoms with Crippen LogP contribution in [0.2, 0.25) is 0 Å². The number of hydrogen-bond donors (Lipinski definition) is 0. The number of anilines is 1. The first-order chi connectivity index (χ1) is 12.7. The van der Waals surface area contributed by atoms with Gasteiger partial charge in [-0.1, -0.05) is 0 Å². The highest BCUT2D eigenvalue weighted by atomic mass is 32.2. The molecule has 1 aromatic heterocycles. The van der Waals surface area contributed by atoms with Gasteiger partial charge in [0.05, 0.1) is 35.8 Å². The Hall–Kier alpha value is -1.67. The molecule has 1 atom stereocenters. The van der Waals surface area contributed by atoms with Crippen LogP contribution in [0.1, 0.15) is 33.6 Å². The number of nitrogens with zero attached hydrogens (tertiary/aromatic N) is 3. The molecule has 2 aliphatic rings. The van der Waals surface area contributed by atoms with Gasteiger partial charge in [-0.15, -0.1) is 0 Å². The Morgan fingerprint density at radius 1 is 1.19 bits per heavy atom. The van der Waals surface area contributed by atoms with E-state index in [-0.39, 0.29) is 16.9 Å². The molecule has 2 aliphatic heterocycles. The zero-order chi connectivity index (χ0) is 19.7. The number of carbonyl (C=O) groups excluding carboxylic acids is 1. The van der Waals surface area contributed by atoms with Crippen LogP contribution in [0.15, 0.2) is 23.4 Å². The standard InChI is InChI=1S/C19H29N3O4S/c1-19(2,3)27(24,25)17-7-6-16(13-20-17)22-8-4-5-15(14-22)18(23)21-9-11-26-12-10-21/h6-7,13,15H,4-5,8-12,14H2,1-3H3/t15-/m0/s1. The lowest BCUT2D eigenvalue weighted by Gasteiger charge is -2.37. The Morgan fingerprint density at radius 2 is 1.89 bits per heavy atom. The number of pyridine rings is 1. The minimum absolute atomic E-state index is 0.0326. The van der Waals surface area contributed by atoms with E-state index in [0.29, 0.717) is 32.8 Å². The Bertz CT molecular complexity index is 765. The molecule has 2 fully saturated rings. The molecule has 0 N–H and O–H groups in total. The highest BCUT2D eigenvalue weighted by Crippen LogP contribution is 2.27. The smallest absolute Gasteiger partial charge is 0.227 e. The van der Waals surface area contributed by atoms with Crippen molar-refractivity contribution >= 4 is 21.4 Å². The maximum atomic E-state index is 12.8. The lowest BCUT2D eigenvalue weighted by molar-refractivity contribution is -0.139. The van der Waals surface area contributed by atoms with Gasteiger partial charge >= 0.3 is 0 Å². The van der Waals surface area contributed by atoms with Gasteiger partial charge in [-0.3, -0.25) is 4.79 Å². The summed E-state index contributed by atoms with van der Waals surface area (Å²) in [6, 6.07) is 3.37. The summed E-state index contributed by atoms with van der Waals surface area (Å²) < 4.78 is 29.5. The van der Waals surface area contributed by atoms with E-state index in [2.05, 4.69) is 9.88 Å². The topological polar surface area (TPSA) is 79.8 Å². The molecule has 3 rings (SSSR count). The fourth-order valence-electron chi connectivity index (χ4n) is 3.49. The molecule has 3 heterocycles. The minimum Gasteiger partial charge on any atom is -0.378 e. The molecule has 0 bridgehead atoms. The normalized spacial score (nSPS) is 22.0. The molecule has 0 saturated carbocycles. The van der Waals surface area contributed by atoms with Crippen molar-refractivity contribution in [2.24, 2.45) is 5.92 Å². The van der Waals surface area contributed by atoms with E-state index in [1.54, 1.807) is 39.1 Å². The number of morpholine rings is 1. The van der Waals surface area contributed by atoms with Crippen molar-refractivity contribution in [3.05, 3.63) is 18.3 Å². The molecule has 0 aromatic carbocycles. The Morgan fingerprint density at radius 3 is 2.48 bits per heavy atom. The molecular weight excluding hydrogens is 366 g/mol.